The fourth-order valence-corrected chi connectivity index (χ4v) is 4.94. The third kappa shape index (κ3) is 22.0. The van der Waals surface area contributed by atoms with E-state index in [1.54, 1.807) is 78.0 Å². The van der Waals surface area contributed by atoms with E-state index in [1.807, 2.05) is 0 Å². The van der Waals surface area contributed by atoms with E-state index in [2.05, 4.69) is 39.4 Å². The number of ether oxygens (including phenoxy) is 4. The van der Waals surface area contributed by atoms with Crippen LogP contribution >= 0.6 is 0 Å². The van der Waals surface area contributed by atoms with Crippen LogP contribution in [0.2, 0.25) is 0 Å². The SMILES string of the molecule is C=CCOc1ccc(C[C@H](NC(C)=O)C(=O)C[C@@H](CCCCCN=C(NC(=O)OC(C)(C)C)NC(=O)OC(C)(C)C)C(=O)N[C@@H](CC=C)COC=O)cc1. The molecule has 0 saturated carbocycles. The molecule has 0 spiro atoms. The number of amides is 4. The number of aliphatic imine (C=N–C) groups is 1. The molecule has 0 aliphatic rings. The first-order valence-corrected chi connectivity index (χ1v) is 18.0. The van der Waals surface area contributed by atoms with Gasteiger partial charge >= 0.3 is 12.2 Å². The molecule has 1 aromatic rings. The quantitative estimate of drug-likeness (QED) is 0.0309. The van der Waals surface area contributed by atoms with Gasteiger partial charge in [0.15, 0.2) is 5.78 Å². The van der Waals surface area contributed by atoms with Crippen LogP contribution in [0.25, 0.3) is 0 Å². The van der Waals surface area contributed by atoms with Gasteiger partial charge in [-0.25, -0.2) is 9.59 Å². The van der Waals surface area contributed by atoms with Gasteiger partial charge < -0.3 is 29.6 Å². The van der Waals surface area contributed by atoms with E-state index in [1.165, 1.54) is 6.92 Å². The summed E-state index contributed by atoms with van der Waals surface area (Å²) < 4.78 is 21.0. The summed E-state index contributed by atoms with van der Waals surface area (Å²) in [6.45, 7) is 19.6. The van der Waals surface area contributed by atoms with Crippen molar-refractivity contribution in [2.45, 2.75) is 117 Å². The first kappa shape index (κ1) is 46.8. The third-order valence-corrected chi connectivity index (χ3v) is 7.20. The van der Waals surface area contributed by atoms with Crippen molar-refractivity contribution in [1.82, 2.24) is 21.3 Å². The van der Waals surface area contributed by atoms with Crippen LogP contribution in [0.3, 0.4) is 0 Å². The molecule has 4 amide bonds. The summed E-state index contributed by atoms with van der Waals surface area (Å²) in [5, 5.41) is 10.5. The number of rotatable bonds is 22. The Bertz CT molecular complexity index is 1400. The Kier molecular flexibility index (Phi) is 21.0. The van der Waals surface area contributed by atoms with Crippen molar-refractivity contribution in [3.63, 3.8) is 0 Å². The van der Waals surface area contributed by atoms with E-state index < -0.39 is 47.3 Å². The van der Waals surface area contributed by atoms with Gasteiger partial charge in [0.1, 0.15) is 30.2 Å². The van der Waals surface area contributed by atoms with E-state index in [9.17, 15) is 28.8 Å². The monoisotopic (exact) mass is 757 g/mol. The Balaban J connectivity index is 3.10. The van der Waals surface area contributed by atoms with Crippen molar-refractivity contribution in [2.24, 2.45) is 10.9 Å². The minimum Gasteiger partial charge on any atom is -0.490 e. The van der Waals surface area contributed by atoms with Gasteiger partial charge in [0, 0.05) is 25.8 Å². The number of benzene rings is 1. The van der Waals surface area contributed by atoms with E-state index >= 15 is 0 Å². The Morgan fingerprint density at radius 2 is 1.46 bits per heavy atom. The van der Waals surface area contributed by atoms with Crippen LogP contribution in [0.1, 0.15) is 92.6 Å². The van der Waals surface area contributed by atoms with E-state index in [0.717, 1.165) is 5.56 Å². The second-order valence-corrected chi connectivity index (χ2v) is 14.6. The highest BCUT2D eigenvalue weighted by molar-refractivity contribution is 6.01. The number of nitrogens with zero attached hydrogens (tertiary/aromatic N) is 1. The van der Waals surface area contributed by atoms with E-state index in [0.29, 0.717) is 50.9 Å². The van der Waals surface area contributed by atoms with Crippen molar-refractivity contribution < 1.29 is 47.7 Å². The molecule has 0 aromatic heterocycles. The lowest BCUT2D eigenvalue weighted by Gasteiger charge is -2.23. The number of hydrogen-bond donors (Lipinski definition) is 4. The number of ketones is 1. The van der Waals surface area contributed by atoms with Gasteiger partial charge in [-0.15, -0.1) is 6.58 Å². The van der Waals surface area contributed by atoms with Gasteiger partial charge in [0.25, 0.3) is 6.47 Å². The van der Waals surface area contributed by atoms with Crippen LogP contribution in [0.15, 0.2) is 54.6 Å². The number of carbonyl (C=O) groups excluding carboxylic acids is 6. The molecular formula is C39H59N5O10. The van der Waals surface area contributed by atoms with Crippen molar-refractivity contribution in [1.29, 1.82) is 0 Å². The van der Waals surface area contributed by atoms with Crippen molar-refractivity contribution in [2.75, 3.05) is 19.8 Å². The van der Waals surface area contributed by atoms with Crippen molar-refractivity contribution >= 4 is 42.2 Å². The molecule has 15 nitrogen and oxygen atoms in total. The Morgan fingerprint density at radius 3 is 1.98 bits per heavy atom. The van der Waals surface area contributed by atoms with Gasteiger partial charge in [-0.05, 0) is 84.9 Å². The first-order valence-electron chi connectivity index (χ1n) is 18.0. The first-order chi connectivity index (χ1) is 25.3. The zero-order valence-corrected chi connectivity index (χ0v) is 32.8. The second kappa shape index (κ2) is 24.2. The largest absolute Gasteiger partial charge is 0.490 e. The fraction of sp³-hybridized carbons (Fsp3) is 0.564. The number of carbonyl (C=O) groups is 6. The molecule has 300 valence electrons. The summed E-state index contributed by atoms with van der Waals surface area (Å²) >= 11 is 0. The standard InChI is InChI=1S/C39H59N5O10/c1-10-15-30(25-51-26-45)42-34(48)29(24-33(47)32(41-27(3)46)23-28-17-19-31(20-18-28)52-22-11-2)16-13-12-14-21-40-35(43-36(49)53-38(4,5)6)44-37(50)54-39(7,8)9/h10-11,17-20,26,29-30,32H,1-2,12-16,21-25H2,3-9H3,(H,41,46)(H,42,48)(H2,40,43,44,49,50)/t29-,30+,32+/m1/s1. The zero-order chi connectivity index (χ0) is 40.7. The second-order valence-electron chi connectivity index (χ2n) is 14.6. The maximum absolute atomic E-state index is 13.7. The lowest BCUT2D eigenvalue weighted by Crippen LogP contribution is -2.47. The summed E-state index contributed by atoms with van der Waals surface area (Å²) in [6, 6.07) is 5.70. The molecule has 0 radical (unpaired) electrons. The van der Waals surface area contributed by atoms with Crippen molar-refractivity contribution in [3.05, 3.63) is 55.1 Å². The molecule has 0 bridgehead atoms. The van der Waals surface area contributed by atoms with Crippen molar-refractivity contribution in [3.8, 4) is 5.75 Å². The molecular weight excluding hydrogens is 698 g/mol. The van der Waals surface area contributed by atoms with E-state index in [-0.39, 0.29) is 43.6 Å². The number of guanidine groups is 1. The van der Waals surface area contributed by atoms with Crippen LogP contribution in [0, 0.1) is 5.92 Å². The molecule has 4 N–H and O–H groups in total. The molecule has 3 atom stereocenters. The highest BCUT2D eigenvalue weighted by Gasteiger charge is 2.29. The summed E-state index contributed by atoms with van der Waals surface area (Å²) in [4.78, 5) is 79.4. The normalized spacial score (nSPS) is 12.7. The number of hydrogen-bond acceptors (Lipinski definition) is 11. The number of nitrogens with one attached hydrogen (secondary N) is 4. The molecule has 15 heteroatoms. The number of Topliss-reactive ketones (excluding diaryl/α,β-unsaturated/α-hetero) is 1. The molecule has 0 aliphatic carbocycles. The number of alkyl carbamates (subject to hydrolysis) is 2. The lowest BCUT2D eigenvalue weighted by atomic mass is 9.90. The lowest BCUT2D eigenvalue weighted by molar-refractivity contribution is -0.134. The Morgan fingerprint density at radius 1 is 0.852 bits per heavy atom. The average molecular weight is 758 g/mol. The summed E-state index contributed by atoms with van der Waals surface area (Å²) in [5.74, 6) is -1.40. The van der Waals surface area contributed by atoms with Crippen LogP contribution in [0.4, 0.5) is 9.59 Å². The van der Waals surface area contributed by atoms with Gasteiger partial charge in [-0.3, -0.25) is 34.8 Å². The predicted octanol–water partition coefficient (Wildman–Crippen LogP) is 5.07. The molecule has 0 aliphatic heterocycles. The summed E-state index contributed by atoms with van der Waals surface area (Å²) in [7, 11) is 0. The van der Waals surface area contributed by atoms with E-state index in [4.69, 9.17) is 18.9 Å². The molecule has 0 unspecified atom stereocenters. The Labute approximate surface area is 319 Å². The molecule has 1 aromatic carbocycles. The highest BCUT2D eigenvalue weighted by atomic mass is 16.6. The third-order valence-electron chi connectivity index (χ3n) is 7.20. The minimum absolute atomic E-state index is 0.0715. The molecule has 54 heavy (non-hydrogen) atoms. The van der Waals surface area contributed by atoms with Gasteiger partial charge in [0.2, 0.25) is 17.8 Å². The predicted molar refractivity (Wildman–Crippen MR) is 205 cm³/mol. The maximum atomic E-state index is 13.7. The fourth-order valence-electron chi connectivity index (χ4n) is 4.94. The molecule has 1 rings (SSSR count). The maximum Gasteiger partial charge on any atom is 0.414 e. The Hall–Kier alpha value is -5.21. The molecule has 0 saturated heterocycles. The highest BCUT2D eigenvalue weighted by Crippen LogP contribution is 2.19. The molecule has 0 fully saturated rings. The van der Waals surface area contributed by atoms with Crippen LogP contribution in [0.5, 0.6) is 5.75 Å². The summed E-state index contributed by atoms with van der Waals surface area (Å²) in [6.07, 6.45) is 3.89. The van der Waals surface area contributed by atoms with Gasteiger partial charge in [-0.2, -0.15) is 0 Å². The smallest absolute Gasteiger partial charge is 0.414 e. The zero-order valence-electron chi connectivity index (χ0n) is 32.8. The summed E-state index contributed by atoms with van der Waals surface area (Å²) in [5.41, 5.74) is -0.784. The van der Waals surface area contributed by atoms with Crippen LogP contribution < -0.4 is 26.0 Å². The van der Waals surface area contributed by atoms with Crippen LogP contribution in [-0.2, 0) is 39.8 Å². The molecule has 0 heterocycles. The van der Waals surface area contributed by atoms with Gasteiger partial charge in [-0.1, -0.05) is 43.7 Å². The topological polar surface area (TPSA) is 200 Å². The average Bonchev–Trinajstić information content (AvgIpc) is 3.05. The minimum atomic E-state index is -0.886. The number of unbranched alkanes of at least 4 members (excludes halogenated alkanes) is 2. The van der Waals surface area contributed by atoms with Crippen LogP contribution in [-0.4, -0.2) is 85.3 Å². The van der Waals surface area contributed by atoms with Gasteiger partial charge in [0.05, 0.1) is 12.1 Å².